The van der Waals surface area contributed by atoms with Crippen molar-refractivity contribution < 1.29 is 17.9 Å². The Labute approximate surface area is 187 Å². The molecular weight excluding hydrogens is 442 g/mol. The van der Waals surface area contributed by atoms with Crippen molar-refractivity contribution in [1.82, 2.24) is 24.4 Å². The molecule has 1 aliphatic heterocycles. The summed E-state index contributed by atoms with van der Waals surface area (Å²) in [5, 5.41) is 4.92. The fraction of sp³-hybridized carbons (Fsp3) is 0.550. The molecule has 0 radical (unpaired) electrons. The monoisotopic (exact) mass is 469 g/mol. The van der Waals surface area contributed by atoms with Crippen LogP contribution in [0, 0.1) is 0 Å². The van der Waals surface area contributed by atoms with E-state index in [0.29, 0.717) is 24.2 Å². The molecule has 0 aromatic carbocycles. The standard InChI is InChI=1S/C20H28ClN5O4S/c1-12-17-14(7-8-26(12)19(27)30-20(2,3)4)18(25(5)24-17)15-9-13(10-16(21)23-15)11-22-31(6,28)29/h9-10,12,22H,7-8,11H2,1-6H3. The molecule has 3 heterocycles. The van der Waals surface area contributed by atoms with Gasteiger partial charge in [0.15, 0.2) is 0 Å². The fourth-order valence-corrected chi connectivity index (χ4v) is 4.28. The molecule has 0 bridgehead atoms. The Morgan fingerprint density at radius 3 is 2.65 bits per heavy atom. The third-order valence-corrected chi connectivity index (χ3v) is 5.77. The van der Waals surface area contributed by atoms with Gasteiger partial charge in [-0.05, 0) is 51.8 Å². The van der Waals surface area contributed by atoms with Crippen LogP contribution in [0.4, 0.5) is 4.79 Å². The maximum Gasteiger partial charge on any atom is 0.410 e. The van der Waals surface area contributed by atoms with Gasteiger partial charge in [-0.2, -0.15) is 5.10 Å². The van der Waals surface area contributed by atoms with E-state index in [1.165, 1.54) is 0 Å². The fourth-order valence-electron chi connectivity index (χ4n) is 3.62. The number of ether oxygens (including phenoxy) is 1. The van der Waals surface area contributed by atoms with Crippen molar-refractivity contribution in [3.8, 4) is 11.4 Å². The third-order valence-electron chi connectivity index (χ3n) is 4.91. The summed E-state index contributed by atoms with van der Waals surface area (Å²) in [5.74, 6) is 0. The van der Waals surface area contributed by atoms with Gasteiger partial charge in [-0.25, -0.2) is 22.9 Å². The Hall–Kier alpha value is -2.17. The number of hydrogen-bond acceptors (Lipinski definition) is 6. The van der Waals surface area contributed by atoms with Crippen LogP contribution in [0.25, 0.3) is 11.4 Å². The summed E-state index contributed by atoms with van der Waals surface area (Å²) in [7, 11) is -1.52. The Balaban J connectivity index is 1.94. The maximum absolute atomic E-state index is 12.6. The molecule has 9 nitrogen and oxygen atoms in total. The van der Waals surface area contributed by atoms with E-state index in [0.717, 1.165) is 23.2 Å². The molecule has 0 saturated heterocycles. The molecule has 0 fully saturated rings. The topological polar surface area (TPSA) is 106 Å². The van der Waals surface area contributed by atoms with Crippen LogP contribution in [0.5, 0.6) is 0 Å². The van der Waals surface area contributed by atoms with Crippen LogP contribution in [0.3, 0.4) is 0 Å². The van der Waals surface area contributed by atoms with Gasteiger partial charge in [0.2, 0.25) is 10.0 Å². The Morgan fingerprint density at radius 1 is 1.35 bits per heavy atom. The lowest BCUT2D eigenvalue weighted by Crippen LogP contribution is -2.42. The number of aromatic nitrogens is 3. The number of halogens is 1. The van der Waals surface area contributed by atoms with Crippen LogP contribution < -0.4 is 4.72 Å². The first-order chi connectivity index (χ1) is 14.2. The molecule has 1 aliphatic rings. The van der Waals surface area contributed by atoms with Crippen molar-refractivity contribution in [2.24, 2.45) is 7.05 Å². The highest BCUT2D eigenvalue weighted by molar-refractivity contribution is 7.88. The summed E-state index contributed by atoms with van der Waals surface area (Å²) in [4.78, 5) is 18.7. The largest absolute Gasteiger partial charge is 0.444 e. The van der Waals surface area contributed by atoms with Crippen LogP contribution in [0.15, 0.2) is 12.1 Å². The summed E-state index contributed by atoms with van der Waals surface area (Å²) in [6, 6.07) is 3.16. The summed E-state index contributed by atoms with van der Waals surface area (Å²) in [6.07, 6.45) is 1.33. The van der Waals surface area contributed by atoms with Crippen LogP contribution in [0.2, 0.25) is 5.15 Å². The quantitative estimate of drug-likeness (QED) is 0.690. The van der Waals surface area contributed by atoms with Gasteiger partial charge in [-0.1, -0.05) is 11.6 Å². The van der Waals surface area contributed by atoms with Crippen LogP contribution in [0.1, 0.15) is 50.6 Å². The van der Waals surface area contributed by atoms with Crippen molar-refractivity contribution >= 4 is 27.7 Å². The highest BCUT2D eigenvalue weighted by atomic mass is 35.5. The number of carbonyl (C=O) groups excluding carboxylic acids is 1. The normalized spacial score (nSPS) is 16.9. The van der Waals surface area contributed by atoms with E-state index in [-0.39, 0.29) is 23.8 Å². The van der Waals surface area contributed by atoms with E-state index in [4.69, 9.17) is 16.3 Å². The molecule has 11 heteroatoms. The number of amides is 1. The molecule has 2 aromatic heterocycles. The molecule has 0 aliphatic carbocycles. The highest BCUT2D eigenvalue weighted by Gasteiger charge is 2.35. The molecule has 31 heavy (non-hydrogen) atoms. The smallest absolute Gasteiger partial charge is 0.410 e. The number of fused-ring (bicyclic) bond motifs is 1. The van der Waals surface area contributed by atoms with Gasteiger partial charge < -0.3 is 4.74 Å². The molecule has 170 valence electrons. The number of carbonyl (C=O) groups is 1. The van der Waals surface area contributed by atoms with E-state index < -0.39 is 15.6 Å². The van der Waals surface area contributed by atoms with Gasteiger partial charge in [0.25, 0.3) is 0 Å². The van der Waals surface area contributed by atoms with E-state index in [2.05, 4.69) is 14.8 Å². The van der Waals surface area contributed by atoms with E-state index in [1.807, 2.05) is 34.7 Å². The first kappa shape index (κ1) is 23.5. The van der Waals surface area contributed by atoms with Crippen LogP contribution >= 0.6 is 11.6 Å². The predicted molar refractivity (Wildman–Crippen MR) is 118 cm³/mol. The molecule has 3 rings (SSSR count). The minimum absolute atomic E-state index is 0.108. The number of sulfonamides is 1. The van der Waals surface area contributed by atoms with Crippen molar-refractivity contribution in [1.29, 1.82) is 0 Å². The summed E-state index contributed by atoms with van der Waals surface area (Å²) in [6.45, 7) is 8.04. The number of nitrogens with zero attached hydrogens (tertiary/aromatic N) is 4. The molecule has 0 spiro atoms. The first-order valence-electron chi connectivity index (χ1n) is 9.92. The molecule has 1 N–H and O–H groups in total. The first-order valence-corrected chi connectivity index (χ1v) is 12.2. The number of nitrogens with one attached hydrogen (secondary N) is 1. The Kier molecular flexibility index (Phi) is 6.37. The molecular formula is C20H28ClN5O4S. The summed E-state index contributed by atoms with van der Waals surface area (Å²) in [5.41, 5.74) is 3.29. The molecule has 1 atom stereocenters. The maximum atomic E-state index is 12.6. The third kappa shape index (κ3) is 5.55. The number of aryl methyl sites for hydroxylation is 1. The average molecular weight is 470 g/mol. The minimum atomic E-state index is -3.34. The van der Waals surface area contributed by atoms with Gasteiger partial charge in [0, 0.05) is 25.7 Å². The Morgan fingerprint density at radius 2 is 2.03 bits per heavy atom. The zero-order valence-corrected chi connectivity index (χ0v) is 20.1. The van der Waals surface area contributed by atoms with Crippen LogP contribution in [-0.4, -0.2) is 52.6 Å². The minimum Gasteiger partial charge on any atom is -0.444 e. The molecule has 2 aromatic rings. The van der Waals surface area contributed by atoms with Gasteiger partial charge >= 0.3 is 6.09 Å². The lowest BCUT2D eigenvalue weighted by molar-refractivity contribution is 0.0155. The molecule has 0 saturated carbocycles. The second kappa shape index (κ2) is 8.40. The average Bonchev–Trinajstić information content (AvgIpc) is 2.94. The van der Waals surface area contributed by atoms with E-state index in [1.54, 1.807) is 21.7 Å². The second-order valence-electron chi connectivity index (χ2n) is 8.71. The van der Waals surface area contributed by atoms with Crippen LogP contribution in [-0.2, 0) is 34.8 Å². The van der Waals surface area contributed by atoms with Crippen molar-refractivity contribution in [2.45, 2.75) is 52.3 Å². The summed E-state index contributed by atoms with van der Waals surface area (Å²) < 4.78 is 32.6. The zero-order valence-electron chi connectivity index (χ0n) is 18.6. The highest BCUT2D eigenvalue weighted by Crippen LogP contribution is 2.36. The van der Waals surface area contributed by atoms with Crippen molar-refractivity contribution in [3.63, 3.8) is 0 Å². The van der Waals surface area contributed by atoms with Gasteiger partial charge in [-0.3, -0.25) is 9.58 Å². The lowest BCUT2D eigenvalue weighted by Gasteiger charge is -2.34. The van der Waals surface area contributed by atoms with Gasteiger partial charge in [0.05, 0.1) is 29.4 Å². The Bertz CT molecular complexity index is 1110. The van der Waals surface area contributed by atoms with Crippen molar-refractivity contribution in [2.75, 3.05) is 12.8 Å². The van der Waals surface area contributed by atoms with E-state index in [9.17, 15) is 13.2 Å². The van der Waals surface area contributed by atoms with Gasteiger partial charge in [0.1, 0.15) is 10.8 Å². The lowest BCUT2D eigenvalue weighted by atomic mass is 9.97. The number of pyridine rings is 1. The SMILES string of the molecule is CC1c2nn(C)c(-c3cc(CNS(C)(=O)=O)cc(Cl)n3)c2CCN1C(=O)OC(C)(C)C. The molecule has 1 unspecified atom stereocenters. The summed E-state index contributed by atoms with van der Waals surface area (Å²) >= 11 is 6.22. The second-order valence-corrected chi connectivity index (χ2v) is 10.9. The number of rotatable bonds is 4. The van der Waals surface area contributed by atoms with Gasteiger partial charge in [-0.15, -0.1) is 0 Å². The van der Waals surface area contributed by atoms with Crippen molar-refractivity contribution in [3.05, 3.63) is 34.1 Å². The number of hydrogen-bond donors (Lipinski definition) is 1. The predicted octanol–water partition coefficient (Wildman–Crippen LogP) is 3.04. The zero-order chi connectivity index (χ0) is 23.1. The van der Waals surface area contributed by atoms with E-state index >= 15 is 0 Å². The molecule has 1 amide bonds.